The lowest BCUT2D eigenvalue weighted by Gasteiger charge is -2.24. The summed E-state index contributed by atoms with van der Waals surface area (Å²) in [5.74, 6) is 1.27. The van der Waals surface area contributed by atoms with Crippen LogP contribution in [-0.2, 0) is 11.3 Å². The first-order valence-electron chi connectivity index (χ1n) is 8.96. The fourth-order valence-corrected chi connectivity index (χ4v) is 4.37. The number of rotatable bonds is 3. The van der Waals surface area contributed by atoms with Gasteiger partial charge >= 0.3 is 0 Å². The van der Waals surface area contributed by atoms with E-state index in [-0.39, 0.29) is 11.5 Å². The monoisotopic (exact) mass is 340 g/mol. The standard InChI is InChI=1S/C19H24N4O2/c1-12-4-3-5-23-18(25)9-15(21-19(12)23)11-22(2)16-6-13-8-17(24)20-10-14(13)7-16/h3-5,9,13-14,16H,6-8,10-11H2,1-2H3,(H,20,24)/t13-,14+,16-/m1/s1. The highest BCUT2D eigenvalue weighted by Gasteiger charge is 2.39. The van der Waals surface area contributed by atoms with Gasteiger partial charge in [-0.2, -0.15) is 0 Å². The van der Waals surface area contributed by atoms with Crippen molar-refractivity contribution >= 4 is 11.6 Å². The van der Waals surface area contributed by atoms with E-state index in [2.05, 4.69) is 17.3 Å². The third kappa shape index (κ3) is 3.06. The molecule has 1 saturated heterocycles. The minimum atomic E-state index is -0.0352. The molecule has 1 aliphatic heterocycles. The lowest BCUT2D eigenvalue weighted by atomic mass is 9.89. The van der Waals surface area contributed by atoms with Crippen LogP contribution < -0.4 is 10.9 Å². The zero-order chi connectivity index (χ0) is 17.6. The highest BCUT2D eigenvalue weighted by Crippen LogP contribution is 2.38. The summed E-state index contributed by atoms with van der Waals surface area (Å²) in [7, 11) is 2.10. The Kier molecular flexibility index (Phi) is 4.07. The van der Waals surface area contributed by atoms with Crippen LogP contribution in [0.3, 0.4) is 0 Å². The maximum Gasteiger partial charge on any atom is 0.258 e. The molecule has 3 heterocycles. The minimum absolute atomic E-state index is 0.0352. The molecule has 1 amide bonds. The summed E-state index contributed by atoms with van der Waals surface area (Å²) in [6.07, 6.45) is 4.58. The second-order valence-electron chi connectivity index (χ2n) is 7.54. The number of nitrogens with one attached hydrogen (secondary N) is 1. The zero-order valence-corrected chi connectivity index (χ0v) is 14.7. The molecule has 132 valence electrons. The van der Waals surface area contributed by atoms with E-state index < -0.39 is 0 Å². The first kappa shape index (κ1) is 16.3. The number of aryl methyl sites for hydroxylation is 1. The number of carbonyl (C=O) groups excluding carboxylic acids is 1. The normalized spacial score (nSPS) is 26.0. The van der Waals surface area contributed by atoms with Crippen molar-refractivity contribution in [3.8, 4) is 0 Å². The van der Waals surface area contributed by atoms with Crippen molar-refractivity contribution in [2.45, 2.75) is 38.8 Å². The van der Waals surface area contributed by atoms with Crippen LogP contribution in [0.15, 0.2) is 29.2 Å². The van der Waals surface area contributed by atoms with E-state index in [4.69, 9.17) is 4.98 Å². The molecule has 0 unspecified atom stereocenters. The van der Waals surface area contributed by atoms with Gasteiger partial charge < -0.3 is 5.32 Å². The molecular formula is C19H24N4O2. The summed E-state index contributed by atoms with van der Waals surface area (Å²) in [4.78, 5) is 30.9. The van der Waals surface area contributed by atoms with Crippen LogP contribution in [-0.4, -0.2) is 39.8 Å². The lowest BCUT2D eigenvalue weighted by Crippen LogP contribution is -2.38. The molecule has 4 rings (SSSR count). The molecule has 6 heteroatoms. The van der Waals surface area contributed by atoms with Crippen LogP contribution in [0.25, 0.3) is 5.65 Å². The molecule has 0 bridgehead atoms. The first-order chi connectivity index (χ1) is 12.0. The van der Waals surface area contributed by atoms with Crippen molar-refractivity contribution in [1.82, 2.24) is 19.6 Å². The molecule has 0 aromatic carbocycles. The van der Waals surface area contributed by atoms with Gasteiger partial charge in [0.1, 0.15) is 5.65 Å². The zero-order valence-electron chi connectivity index (χ0n) is 14.7. The topological polar surface area (TPSA) is 66.7 Å². The number of piperidine rings is 1. The molecule has 1 aliphatic carbocycles. The number of carbonyl (C=O) groups is 1. The van der Waals surface area contributed by atoms with E-state index in [1.165, 1.54) is 0 Å². The second-order valence-corrected chi connectivity index (χ2v) is 7.54. The smallest absolute Gasteiger partial charge is 0.258 e. The van der Waals surface area contributed by atoms with Gasteiger partial charge in [-0.1, -0.05) is 6.07 Å². The summed E-state index contributed by atoms with van der Waals surface area (Å²) in [6, 6.07) is 5.92. The van der Waals surface area contributed by atoms with Crippen molar-refractivity contribution in [1.29, 1.82) is 0 Å². The van der Waals surface area contributed by atoms with Crippen LogP contribution in [0.2, 0.25) is 0 Å². The summed E-state index contributed by atoms with van der Waals surface area (Å²) in [6.45, 7) is 3.44. The van der Waals surface area contributed by atoms with Gasteiger partial charge in [0.2, 0.25) is 5.91 Å². The second kappa shape index (κ2) is 6.26. The van der Waals surface area contributed by atoms with Crippen molar-refractivity contribution < 1.29 is 4.79 Å². The van der Waals surface area contributed by atoms with Gasteiger partial charge in [0.15, 0.2) is 0 Å². The number of fused-ring (bicyclic) bond motifs is 2. The Bertz CT molecular complexity index is 875. The van der Waals surface area contributed by atoms with Crippen LogP contribution in [0.5, 0.6) is 0 Å². The number of hydrogen-bond acceptors (Lipinski definition) is 4. The number of hydrogen-bond donors (Lipinski definition) is 1. The molecule has 2 aliphatic rings. The summed E-state index contributed by atoms with van der Waals surface area (Å²) in [5, 5.41) is 2.98. The maximum absolute atomic E-state index is 12.4. The molecule has 2 fully saturated rings. The Morgan fingerprint density at radius 3 is 2.96 bits per heavy atom. The van der Waals surface area contributed by atoms with Crippen LogP contribution in [0.4, 0.5) is 0 Å². The summed E-state index contributed by atoms with van der Waals surface area (Å²) < 4.78 is 1.60. The SMILES string of the molecule is Cc1cccn2c(=O)cc(CN(C)[C@H]3C[C@H]4CNC(=O)C[C@H]4C3)nc12. The molecule has 25 heavy (non-hydrogen) atoms. The van der Waals surface area contributed by atoms with Crippen molar-refractivity contribution in [2.75, 3.05) is 13.6 Å². The molecule has 2 aromatic rings. The molecule has 6 nitrogen and oxygen atoms in total. The van der Waals surface area contributed by atoms with Gasteiger partial charge in [0.25, 0.3) is 5.56 Å². The molecule has 1 saturated carbocycles. The van der Waals surface area contributed by atoms with Crippen LogP contribution in [0, 0.1) is 18.8 Å². The van der Waals surface area contributed by atoms with E-state index >= 15 is 0 Å². The van der Waals surface area contributed by atoms with Gasteiger partial charge in [-0.3, -0.25) is 18.9 Å². The van der Waals surface area contributed by atoms with Gasteiger partial charge in [0.05, 0.1) is 5.69 Å². The van der Waals surface area contributed by atoms with E-state index in [1.54, 1.807) is 16.7 Å². The predicted octanol–water partition coefficient (Wildman–Crippen LogP) is 1.35. The third-order valence-corrected chi connectivity index (χ3v) is 5.80. The minimum Gasteiger partial charge on any atom is -0.356 e. The number of amides is 1. The Morgan fingerprint density at radius 1 is 1.32 bits per heavy atom. The molecule has 1 N–H and O–H groups in total. The van der Waals surface area contributed by atoms with E-state index in [0.29, 0.717) is 30.8 Å². The Morgan fingerprint density at radius 2 is 2.12 bits per heavy atom. The van der Waals surface area contributed by atoms with Gasteiger partial charge in [-0.15, -0.1) is 0 Å². The molecule has 0 spiro atoms. The summed E-state index contributed by atoms with van der Waals surface area (Å²) in [5.41, 5.74) is 2.51. The van der Waals surface area contributed by atoms with Gasteiger partial charge in [0, 0.05) is 37.8 Å². The Balaban J connectivity index is 1.52. The number of pyridine rings is 1. The average molecular weight is 340 g/mol. The highest BCUT2D eigenvalue weighted by molar-refractivity contribution is 5.77. The molecule has 2 aromatic heterocycles. The van der Waals surface area contributed by atoms with Crippen LogP contribution >= 0.6 is 0 Å². The van der Waals surface area contributed by atoms with E-state index in [1.807, 2.05) is 19.1 Å². The Hall–Kier alpha value is -2.21. The van der Waals surface area contributed by atoms with E-state index in [9.17, 15) is 9.59 Å². The largest absolute Gasteiger partial charge is 0.356 e. The Labute approximate surface area is 146 Å². The maximum atomic E-state index is 12.4. The third-order valence-electron chi connectivity index (χ3n) is 5.80. The quantitative estimate of drug-likeness (QED) is 0.916. The van der Waals surface area contributed by atoms with E-state index in [0.717, 1.165) is 36.3 Å². The molecule has 0 radical (unpaired) electrons. The fourth-order valence-electron chi connectivity index (χ4n) is 4.37. The lowest BCUT2D eigenvalue weighted by molar-refractivity contribution is -0.124. The average Bonchev–Trinajstić information content (AvgIpc) is 2.99. The number of nitrogens with zero attached hydrogens (tertiary/aromatic N) is 3. The summed E-state index contributed by atoms with van der Waals surface area (Å²) >= 11 is 0. The van der Waals surface area contributed by atoms with Crippen molar-refractivity contribution in [2.24, 2.45) is 11.8 Å². The highest BCUT2D eigenvalue weighted by atomic mass is 16.1. The van der Waals surface area contributed by atoms with Gasteiger partial charge in [-0.05, 0) is 50.3 Å². The molecule has 3 atom stereocenters. The fraction of sp³-hybridized carbons (Fsp3) is 0.526. The van der Waals surface area contributed by atoms with Gasteiger partial charge in [-0.25, -0.2) is 4.98 Å². The van der Waals surface area contributed by atoms with Crippen molar-refractivity contribution in [3.05, 3.63) is 46.0 Å². The van der Waals surface area contributed by atoms with Crippen LogP contribution in [0.1, 0.15) is 30.5 Å². The molecular weight excluding hydrogens is 316 g/mol. The van der Waals surface area contributed by atoms with Crippen molar-refractivity contribution in [3.63, 3.8) is 0 Å². The predicted molar refractivity (Wildman–Crippen MR) is 95.3 cm³/mol. The first-order valence-corrected chi connectivity index (χ1v) is 8.96. The number of aromatic nitrogens is 2.